The highest BCUT2D eigenvalue weighted by Gasteiger charge is 2.18. The first-order chi connectivity index (χ1) is 16.0. The number of benzene rings is 3. The second kappa shape index (κ2) is 9.88. The van der Waals surface area contributed by atoms with E-state index < -0.39 is 5.82 Å². The van der Waals surface area contributed by atoms with Crippen LogP contribution in [0.15, 0.2) is 65.3 Å². The molecule has 170 valence electrons. The normalized spacial score (nSPS) is 11.0. The molecule has 0 amide bonds. The van der Waals surface area contributed by atoms with Gasteiger partial charge in [-0.1, -0.05) is 30.3 Å². The molecule has 0 saturated heterocycles. The Kier molecular flexibility index (Phi) is 6.75. The van der Waals surface area contributed by atoms with Gasteiger partial charge in [-0.2, -0.15) is 0 Å². The maximum Gasteiger partial charge on any atom is 0.310 e. The number of esters is 1. The Labute approximate surface area is 191 Å². The fraction of sp³-hybridized carbons (Fsp3) is 0.222. The molecule has 4 rings (SSSR count). The Bertz CT molecular complexity index is 1290. The van der Waals surface area contributed by atoms with Crippen LogP contribution in [0.5, 0.6) is 5.75 Å². The van der Waals surface area contributed by atoms with Crippen LogP contribution in [-0.4, -0.2) is 12.6 Å². The molecule has 0 bridgehead atoms. The van der Waals surface area contributed by atoms with Crippen molar-refractivity contribution in [2.75, 3.05) is 6.61 Å². The van der Waals surface area contributed by atoms with E-state index in [0.717, 1.165) is 22.3 Å². The first-order valence-corrected chi connectivity index (χ1v) is 10.9. The molecular weight excluding hydrogens is 421 g/mol. The minimum Gasteiger partial charge on any atom is -0.488 e. The van der Waals surface area contributed by atoms with E-state index in [2.05, 4.69) is 0 Å². The Hall–Kier alpha value is -3.64. The van der Waals surface area contributed by atoms with E-state index in [1.165, 1.54) is 6.26 Å². The maximum absolute atomic E-state index is 15.3. The second-order valence-corrected chi connectivity index (χ2v) is 7.85. The van der Waals surface area contributed by atoms with Crippen molar-refractivity contribution >= 4 is 16.9 Å². The number of nitrogens with two attached hydrogens (primary N) is 1. The Balaban J connectivity index is 1.68. The van der Waals surface area contributed by atoms with Crippen molar-refractivity contribution in [1.82, 2.24) is 0 Å². The summed E-state index contributed by atoms with van der Waals surface area (Å²) in [7, 11) is 0. The summed E-state index contributed by atoms with van der Waals surface area (Å²) in [5.41, 5.74) is 11.0. The number of aryl methyl sites for hydroxylation is 1. The summed E-state index contributed by atoms with van der Waals surface area (Å²) in [6.07, 6.45) is 1.57. The zero-order valence-electron chi connectivity index (χ0n) is 18.7. The van der Waals surface area contributed by atoms with Gasteiger partial charge in [0.2, 0.25) is 0 Å². The third-order valence-corrected chi connectivity index (χ3v) is 5.47. The minimum absolute atomic E-state index is 0.00416. The number of carbonyl (C=O) groups excluding carboxylic acids is 1. The van der Waals surface area contributed by atoms with Gasteiger partial charge in [-0.25, -0.2) is 4.39 Å². The molecule has 4 aromatic rings. The van der Waals surface area contributed by atoms with Gasteiger partial charge in [-0.05, 0) is 54.8 Å². The number of carbonyl (C=O) groups is 1. The summed E-state index contributed by atoms with van der Waals surface area (Å²) in [5, 5.41) is 0.389. The summed E-state index contributed by atoms with van der Waals surface area (Å²) >= 11 is 0. The van der Waals surface area contributed by atoms with Crippen LogP contribution in [-0.2, 0) is 29.1 Å². The summed E-state index contributed by atoms with van der Waals surface area (Å²) in [6.45, 7) is 4.41. The van der Waals surface area contributed by atoms with Crippen molar-refractivity contribution in [2.45, 2.75) is 33.4 Å². The highest BCUT2D eigenvalue weighted by molar-refractivity contribution is 5.93. The SMILES string of the molecule is CCOC(=O)Cc1ccc(C)cc1OCc1cc(-c2cccc(CN)c2)c2occc2c1F. The van der Waals surface area contributed by atoms with Crippen molar-refractivity contribution in [3.63, 3.8) is 0 Å². The third kappa shape index (κ3) is 4.91. The van der Waals surface area contributed by atoms with Gasteiger partial charge >= 0.3 is 5.97 Å². The minimum atomic E-state index is -0.392. The standard InChI is InChI=1S/C27H26FNO4/c1-3-31-25(30)14-20-8-7-17(2)11-24(20)33-16-21-13-23(19-6-4-5-18(12-19)15-29)27-22(26(21)28)9-10-32-27/h4-13H,3,14-16,29H2,1-2H3. The van der Waals surface area contributed by atoms with Gasteiger partial charge < -0.3 is 19.6 Å². The first-order valence-electron chi connectivity index (χ1n) is 10.9. The van der Waals surface area contributed by atoms with Crippen LogP contribution in [0, 0.1) is 12.7 Å². The predicted octanol–water partition coefficient (Wildman–Crippen LogP) is 5.69. The lowest BCUT2D eigenvalue weighted by molar-refractivity contribution is -0.142. The first kappa shape index (κ1) is 22.6. The van der Waals surface area contributed by atoms with Gasteiger partial charge in [0.05, 0.1) is 24.7 Å². The highest BCUT2D eigenvalue weighted by Crippen LogP contribution is 2.34. The molecule has 6 heteroatoms. The lowest BCUT2D eigenvalue weighted by Crippen LogP contribution is -2.09. The third-order valence-electron chi connectivity index (χ3n) is 5.47. The molecular formula is C27H26FNO4. The van der Waals surface area contributed by atoms with Crippen LogP contribution in [0.25, 0.3) is 22.1 Å². The molecule has 0 aliphatic heterocycles. The Morgan fingerprint density at radius 1 is 1.09 bits per heavy atom. The quantitative estimate of drug-likeness (QED) is 0.351. The fourth-order valence-electron chi connectivity index (χ4n) is 3.82. The molecule has 0 fully saturated rings. The molecule has 2 N–H and O–H groups in total. The highest BCUT2D eigenvalue weighted by atomic mass is 19.1. The number of halogens is 1. The molecule has 5 nitrogen and oxygen atoms in total. The molecule has 0 atom stereocenters. The van der Waals surface area contributed by atoms with Gasteiger partial charge in [0.25, 0.3) is 0 Å². The molecule has 0 spiro atoms. The van der Waals surface area contributed by atoms with E-state index in [-0.39, 0.29) is 19.0 Å². The molecule has 0 radical (unpaired) electrons. The topological polar surface area (TPSA) is 74.7 Å². The second-order valence-electron chi connectivity index (χ2n) is 7.85. The lowest BCUT2D eigenvalue weighted by Gasteiger charge is -2.14. The van der Waals surface area contributed by atoms with E-state index in [0.29, 0.717) is 41.0 Å². The number of hydrogen-bond acceptors (Lipinski definition) is 5. The average molecular weight is 448 g/mol. The maximum atomic E-state index is 15.3. The van der Waals surface area contributed by atoms with Gasteiger partial charge in [-0.15, -0.1) is 0 Å². The van der Waals surface area contributed by atoms with Crippen molar-refractivity contribution in [1.29, 1.82) is 0 Å². The van der Waals surface area contributed by atoms with Crippen LogP contribution in [0.2, 0.25) is 0 Å². The zero-order chi connectivity index (χ0) is 23.4. The molecule has 33 heavy (non-hydrogen) atoms. The van der Waals surface area contributed by atoms with E-state index in [9.17, 15) is 4.79 Å². The molecule has 0 aliphatic carbocycles. The van der Waals surface area contributed by atoms with Crippen molar-refractivity contribution < 1.29 is 23.1 Å². The summed E-state index contributed by atoms with van der Waals surface area (Å²) in [6, 6.07) is 16.7. The monoisotopic (exact) mass is 447 g/mol. The Morgan fingerprint density at radius 2 is 1.94 bits per heavy atom. The predicted molar refractivity (Wildman–Crippen MR) is 125 cm³/mol. The van der Waals surface area contributed by atoms with Gasteiger partial charge in [0, 0.05) is 23.2 Å². The number of furan rings is 1. The van der Waals surface area contributed by atoms with Gasteiger partial charge in [-0.3, -0.25) is 4.79 Å². The fourth-order valence-corrected chi connectivity index (χ4v) is 3.82. The molecule has 1 aromatic heterocycles. The number of rotatable bonds is 8. The van der Waals surface area contributed by atoms with Crippen LogP contribution < -0.4 is 10.5 Å². The van der Waals surface area contributed by atoms with Crippen LogP contribution in [0.1, 0.15) is 29.2 Å². The zero-order valence-corrected chi connectivity index (χ0v) is 18.7. The Morgan fingerprint density at radius 3 is 2.73 bits per heavy atom. The smallest absolute Gasteiger partial charge is 0.310 e. The summed E-state index contributed by atoms with van der Waals surface area (Å²) < 4.78 is 32.0. The van der Waals surface area contributed by atoms with Crippen molar-refractivity contribution in [3.8, 4) is 16.9 Å². The van der Waals surface area contributed by atoms with Crippen LogP contribution >= 0.6 is 0 Å². The van der Waals surface area contributed by atoms with Gasteiger partial charge in [0.15, 0.2) is 0 Å². The molecule has 0 unspecified atom stereocenters. The largest absolute Gasteiger partial charge is 0.488 e. The molecule has 3 aromatic carbocycles. The van der Waals surface area contributed by atoms with Crippen molar-refractivity contribution in [3.05, 3.63) is 88.9 Å². The molecule has 0 aliphatic rings. The number of fused-ring (bicyclic) bond motifs is 1. The average Bonchev–Trinajstić information content (AvgIpc) is 3.31. The van der Waals surface area contributed by atoms with E-state index >= 15 is 4.39 Å². The summed E-state index contributed by atoms with van der Waals surface area (Å²) in [5.74, 6) is -0.197. The van der Waals surface area contributed by atoms with E-state index in [4.69, 9.17) is 19.6 Å². The van der Waals surface area contributed by atoms with E-state index in [1.54, 1.807) is 19.1 Å². The molecule has 0 saturated carbocycles. The van der Waals surface area contributed by atoms with Crippen LogP contribution in [0.4, 0.5) is 4.39 Å². The number of ether oxygens (including phenoxy) is 2. The van der Waals surface area contributed by atoms with E-state index in [1.807, 2.05) is 49.4 Å². The van der Waals surface area contributed by atoms with Gasteiger partial charge in [0.1, 0.15) is 23.8 Å². The molecule has 1 heterocycles. The lowest BCUT2D eigenvalue weighted by atomic mass is 9.98. The van der Waals surface area contributed by atoms with Crippen molar-refractivity contribution in [2.24, 2.45) is 5.73 Å². The summed E-state index contributed by atoms with van der Waals surface area (Å²) in [4.78, 5) is 12.0. The number of hydrogen-bond donors (Lipinski definition) is 1. The van der Waals surface area contributed by atoms with Crippen LogP contribution in [0.3, 0.4) is 0 Å².